The van der Waals surface area contributed by atoms with Gasteiger partial charge in [0.1, 0.15) is 0 Å². The molecule has 0 saturated heterocycles. The first-order chi connectivity index (χ1) is 9.99. The van der Waals surface area contributed by atoms with E-state index in [2.05, 4.69) is 29.4 Å². The van der Waals surface area contributed by atoms with Gasteiger partial charge in [-0.25, -0.2) is 0 Å². The van der Waals surface area contributed by atoms with Gasteiger partial charge in [0.25, 0.3) is 0 Å². The van der Waals surface area contributed by atoms with Crippen LogP contribution in [0.15, 0.2) is 22.7 Å². The quantitative estimate of drug-likeness (QED) is 0.830. The van der Waals surface area contributed by atoms with E-state index in [0.717, 1.165) is 15.9 Å². The molecule has 2 aromatic heterocycles. The molecule has 0 radical (unpaired) electrons. The van der Waals surface area contributed by atoms with Crippen LogP contribution in [0.2, 0.25) is 0 Å². The molecule has 0 fully saturated rings. The molecule has 1 atom stereocenters. The van der Waals surface area contributed by atoms with E-state index in [4.69, 9.17) is 0 Å². The first kappa shape index (κ1) is 16.0. The highest BCUT2D eigenvalue weighted by molar-refractivity contribution is 8.00. The van der Waals surface area contributed by atoms with E-state index in [9.17, 15) is 4.79 Å². The van der Waals surface area contributed by atoms with Crippen molar-refractivity contribution >= 4 is 29.0 Å². The molecule has 5 nitrogen and oxygen atoms in total. The van der Waals surface area contributed by atoms with Crippen molar-refractivity contribution in [2.24, 2.45) is 13.0 Å². The highest BCUT2D eigenvalue weighted by Gasteiger charge is 2.19. The summed E-state index contributed by atoms with van der Waals surface area (Å²) in [4.78, 5) is 13.1. The van der Waals surface area contributed by atoms with Gasteiger partial charge in [-0.2, -0.15) is 0 Å². The highest BCUT2D eigenvalue weighted by atomic mass is 32.2. The molecule has 0 aliphatic heterocycles. The molecule has 1 unspecified atom stereocenters. The number of thioether (sulfide) groups is 1. The number of carbonyl (C=O) groups is 1. The number of rotatable bonds is 6. The van der Waals surface area contributed by atoms with Crippen LogP contribution in [0, 0.1) is 5.92 Å². The number of nitrogens with one attached hydrogen (secondary N) is 1. The first-order valence-electron chi connectivity index (χ1n) is 6.86. The van der Waals surface area contributed by atoms with Crippen LogP contribution in [0.1, 0.15) is 20.8 Å². The van der Waals surface area contributed by atoms with Crippen molar-refractivity contribution in [1.29, 1.82) is 0 Å². The second-order valence-corrected chi connectivity index (χ2v) is 7.50. The average molecular weight is 324 g/mol. The summed E-state index contributed by atoms with van der Waals surface area (Å²) in [6, 6.07) is 4.01. The molecule has 1 amide bonds. The Bertz CT molecular complexity index is 592. The molecule has 21 heavy (non-hydrogen) atoms. The lowest BCUT2D eigenvalue weighted by Gasteiger charge is -2.12. The maximum atomic E-state index is 12.0. The van der Waals surface area contributed by atoms with Crippen molar-refractivity contribution in [3.8, 4) is 10.7 Å². The number of aromatic nitrogens is 3. The molecule has 0 aliphatic rings. The zero-order chi connectivity index (χ0) is 15.4. The zero-order valence-electron chi connectivity index (χ0n) is 12.7. The third-order valence-corrected chi connectivity index (χ3v) is 4.91. The lowest BCUT2D eigenvalue weighted by molar-refractivity contribution is -0.120. The summed E-state index contributed by atoms with van der Waals surface area (Å²) in [6.45, 7) is 6.74. The Balaban J connectivity index is 2.02. The number of thiophene rings is 1. The zero-order valence-corrected chi connectivity index (χ0v) is 14.3. The summed E-state index contributed by atoms with van der Waals surface area (Å²) in [6.07, 6.45) is 0. The Kier molecular flexibility index (Phi) is 5.41. The molecule has 2 aromatic rings. The fraction of sp³-hybridized carbons (Fsp3) is 0.500. The molecule has 0 aliphatic carbocycles. The Morgan fingerprint density at radius 2 is 2.19 bits per heavy atom. The van der Waals surface area contributed by atoms with Crippen molar-refractivity contribution in [1.82, 2.24) is 20.1 Å². The Morgan fingerprint density at radius 1 is 1.43 bits per heavy atom. The van der Waals surface area contributed by atoms with Gasteiger partial charge >= 0.3 is 0 Å². The van der Waals surface area contributed by atoms with E-state index in [1.54, 1.807) is 11.3 Å². The second kappa shape index (κ2) is 7.09. The molecular formula is C14H20N4OS2. The molecule has 114 valence electrons. The van der Waals surface area contributed by atoms with Gasteiger partial charge in [0, 0.05) is 13.6 Å². The van der Waals surface area contributed by atoms with E-state index in [1.807, 2.05) is 36.1 Å². The van der Waals surface area contributed by atoms with Crippen LogP contribution in [0.3, 0.4) is 0 Å². The Morgan fingerprint density at radius 3 is 2.81 bits per heavy atom. The molecule has 0 saturated carbocycles. The maximum absolute atomic E-state index is 12.0. The van der Waals surface area contributed by atoms with Crippen LogP contribution < -0.4 is 5.32 Å². The van der Waals surface area contributed by atoms with E-state index in [1.165, 1.54) is 11.8 Å². The van der Waals surface area contributed by atoms with Gasteiger partial charge in [-0.3, -0.25) is 4.79 Å². The van der Waals surface area contributed by atoms with Gasteiger partial charge in [0.05, 0.1) is 10.1 Å². The lowest BCUT2D eigenvalue weighted by atomic mass is 10.2. The van der Waals surface area contributed by atoms with Crippen LogP contribution in [0.4, 0.5) is 0 Å². The van der Waals surface area contributed by atoms with E-state index >= 15 is 0 Å². The fourth-order valence-electron chi connectivity index (χ4n) is 1.70. The largest absolute Gasteiger partial charge is 0.355 e. The van der Waals surface area contributed by atoms with Gasteiger partial charge in [-0.1, -0.05) is 31.7 Å². The number of carbonyl (C=O) groups excluding carboxylic acids is 1. The van der Waals surface area contributed by atoms with Crippen molar-refractivity contribution in [3.63, 3.8) is 0 Å². The van der Waals surface area contributed by atoms with Gasteiger partial charge in [-0.15, -0.1) is 21.5 Å². The minimum atomic E-state index is -0.192. The van der Waals surface area contributed by atoms with Crippen LogP contribution in [0.5, 0.6) is 0 Å². The van der Waals surface area contributed by atoms with Crippen molar-refractivity contribution in [3.05, 3.63) is 17.5 Å². The van der Waals surface area contributed by atoms with Crippen LogP contribution >= 0.6 is 23.1 Å². The van der Waals surface area contributed by atoms with E-state index in [-0.39, 0.29) is 11.2 Å². The number of amides is 1. The molecule has 7 heteroatoms. The molecule has 1 N–H and O–H groups in total. The highest BCUT2D eigenvalue weighted by Crippen LogP contribution is 2.27. The smallest absolute Gasteiger partial charge is 0.233 e. The SMILES string of the molecule is CC(C)CNC(=O)C(C)Sc1nnc(-c2cccs2)n1C. The van der Waals surface area contributed by atoms with Gasteiger partial charge in [0.2, 0.25) is 5.91 Å². The van der Waals surface area contributed by atoms with Crippen molar-refractivity contribution in [2.75, 3.05) is 6.54 Å². The minimum absolute atomic E-state index is 0.0365. The van der Waals surface area contributed by atoms with Crippen molar-refractivity contribution < 1.29 is 4.79 Å². The maximum Gasteiger partial charge on any atom is 0.233 e. The third-order valence-electron chi connectivity index (χ3n) is 2.91. The third kappa shape index (κ3) is 4.07. The summed E-state index contributed by atoms with van der Waals surface area (Å²) in [7, 11) is 1.93. The molecule has 0 spiro atoms. The molecular weight excluding hydrogens is 304 g/mol. The normalized spacial score (nSPS) is 12.6. The molecule has 2 rings (SSSR count). The summed E-state index contributed by atoms with van der Waals surface area (Å²) < 4.78 is 1.93. The average Bonchev–Trinajstić information content (AvgIpc) is 3.07. The van der Waals surface area contributed by atoms with Crippen LogP contribution in [-0.2, 0) is 11.8 Å². The first-order valence-corrected chi connectivity index (χ1v) is 8.62. The summed E-state index contributed by atoms with van der Waals surface area (Å²) in [5.74, 6) is 1.32. The number of nitrogens with zero attached hydrogens (tertiary/aromatic N) is 3. The molecule has 0 aromatic carbocycles. The molecule has 0 bridgehead atoms. The summed E-state index contributed by atoms with van der Waals surface area (Å²) >= 11 is 3.06. The minimum Gasteiger partial charge on any atom is -0.355 e. The van der Waals surface area contributed by atoms with E-state index < -0.39 is 0 Å². The predicted molar refractivity (Wildman–Crippen MR) is 87.5 cm³/mol. The second-order valence-electron chi connectivity index (χ2n) is 5.24. The van der Waals surface area contributed by atoms with Crippen LogP contribution in [-0.4, -0.2) is 32.5 Å². The summed E-state index contributed by atoms with van der Waals surface area (Å²) in [5, 5.41) is 13.9. The lowest BCUT2D eigenvalue weighted by Crippen LogP contribution is -2.33. The number of hydrogen-bond donors (Lipinski definition) is 1. The van der Waals surface area contributed by atoms with Crippen molar-refractivity contribution in [2.45, 2.75) is 31.2 Å². The predicted octanol–water partition coefficient (Wildman–Crippen LogP) is 2.80. The van der Waals surface area contributed by atoms with Crippen LogP contribution in [0.25, 0.3) is 10.7 Å². The topological polar surface area (TPSA) is 59.8 Å². The van der Waals surface area contributed by atoms with Gasteiger partial charge < -0.3 is 9.88 Å². The fourth-order valence-corrected chi connectivity index (χ4v) is 3.28. The number of hydrogen-bond acceptors (Lipinski definition) is 5. The Hall–Kier alpha value is -1.34. The summed E-state index contributed by atoms with van der Waals surface area (Å²) in [5.41, 5.74) is 0. The standard InChI is InChI=1S/C14H20N4OS2/c1-9(2)8-15-13(19)10(3)21-14-17-16-12(18(14)4)11-6-5-7-20-11/h5-7,9-10H,8H2,1-4H3,(H,15,19). The van der Waals surface area contributed by atoms with Gasteiger partial charge in [-0.05, 0) is 24.3 Å². The van der Waals surface area contributed by atoms with E-state index in [0.29, 0.717) is 12.5 Å². The Labute approximate surface area is 133 Å². The van der Waals surface area contributed by atoms with Gasteiger partial charge in [0.15, 0.2) is 11.0 Å². The molecule has 2 heterocycles. The monoisotopic (exact) mass is 324 g/mol.